The number of aryl methyl sites for hydroxylation is 2. The van der Waals surface area contributed by atoms with Gasteiger partial charge in [0.2, 0.25) is 0 Å². The number of benzene rings is 2. The van der Waals surface area contributed by atoms with Gasteiger partial charge >= 0.3 is 0 Å². The van der Waals surface area contributed by atoms with Crippen molar-refractivity contribution < 1.29 is 9.53 Å². The van der Waals surface area contributed by atoms with Crippen molar-refractivity contribution >= 4 is 23.2 Å². The van der Waals surface area contributed by atoms with Crippen LogP contribution in [0.4, 0.5) is 17.3 Å². The first kappa shape index (κ1) is 17.4. The fourth-order valence-corrected chi connectivity index (χ4v) is 2.50. The maximum absolute atomic E-state index is 12.3. The standard InChI is InChI=1S/C20H20N4O2/c1-13-5-4-6-15(11-13)20(25)22-19-10-9-18(23-24-19)21-16-12-14(2)7-8-17(16)26-3/h4-12H,1-3H3,(H,21,23)(H,22,24,25). The summed E-state index contributed by atoms with van der Waals surface area (Å²) in [7, 11) is 1.62. The second kappa shape index (κ2) is 7.65. The Morgan fingerprint density at radius 2 is 1.65 bits per heavy atom. The van der Waals surface area contributed by atoms with Gasteiger partial charge in [0.05, 0.1) is 12.8 Å². The van der Waals surface area contributed by atoms with Crippen molar-refractivity contribution in [2.45, 2.75) is 13.8 Å². The van der Waals surface area contributed by atoms with Crippen LogP contribution in [0.1, 0.15) is 21.5 Å². The summed E-state index contributed by atoms with van der Waals surface area (Å²) in [6, 6.07) is 16.6. The van der Waals surface area contributed by atoms with Crippen LogP contribution >= 0.6 is 0 Å². The van der Waals surface area contributed by atoms with E-state index in [4.69, 9.17) is 4.74 Å². The molecule has 2 aromatic carbocycles. The van der Waals surface area contributed by atoms with Gasteiger partial charge in [0.1, 0.15) is 5.75 Å². The molecular weight excluding hydrogens is 328 g/mol. The lowest BCUT2D eigenvalue weighted by atomic mass is 10.1. The van der Waals surface area contributed by atoms with Gasteiger partial charge in [-0.25, -0.2) is 0 Å². The summed E-state index contributed by atoms with van der Waals surface area (Å²) in [4.78, 5) is 12.3. The second-order valence-electron chi connectivity index (χ2n) is 5.96. The Balaban J connectivity index is 1.71. The van der Waals surface area contributed by atoms with Crippen LogP contribution in [0.15, 0.2) is 54.6 Å². The van der Waals surface area contributed by atoms with Gasteiger partial charge in [-0.3, -0.25) is 4.79 Å². The van der Waals surface area contributed by atoms with E-state index in [1.165, 1.54) is 0 Å². The first-order valence-corrected chi connectivity index (χ1v) is 8.18. The molecule has 0 aliphatic carbocycles. The van der Waals surface area contributed by atoms with Crippen molar-refractivity contribution in [3.05, 3.63) is 71.3 Å². The molecule has 1 aromatic heterocycles. The molecule has 3 rings (SSSR count). The highest BCUT2D eigenvalue weighted by molar-refractivity contribution is 6.03. The summed E-state index contributed by atoms with van der Waals surface area (Å²) < 4.78 is 5.34. The number of nitrogens with one attached hydrogen (secondary N) is 2. The van der Waals surface area contributed by atoms with Crippen molar-refractivity contribution in [3.63, 3.8) is 0 Å². The Bertz CT molecular complexity index is 923. The van der Waals surface area contributed by atoms with Crippen molar-refractivity contribution in [1.82, 2.24) is 10.2 Å². The molecule has 1 amide bonds. The third-order valence-corrected chi connectivity index (χ3v) is 3.80. The number of rotatable bonds is 5. The van der Waals surface area contributed by atoms with Crippen molar-refractivity contribution in [3.8, 4) is 5.75 Å². The molecule has 0 unspecified atom stereocenters. The summed E-state index contributed by atoms with van der Waals surface area (Å²) in [5, 5.41) is 14.1. The molecule has 1 heterocycles. The average molecular weight is 348 g/mol. The number of methoxy groups -OCH3 is 1. The predicted octanol–water partition coefficient (Wildman–Crippen LogP) is 4.10. The molecule has 0 radical (unpaired) electrons. The van der Waals surface area contributed by atoms with Gasteiger partial charge in [-0.1, -0.05) is 23.8 Å². The molecule has 132 valence electrons. The maximum Gasteiger partial charge on any atom is 0.256 e. The van der Waals surface area contributed by atoms with E-state index in [0.717, 1.165) is 16.8 Å². The van der Waals surface area contributed by atoms with Crippen LogP contribution in [0.5, 0.6) is 5.75 Å². The first-order chi connectivity index (χ1) is 12.5. The Labute approximate surface area is 152 Å². The fourth-order valence-electron chi connectivity index (χ4n) is 2.50. The lowest BCUT2D eigenvalue weighted by Crippen LogP contribution is -2.13. The summed E-state index contributed by atoms with van der Waals surface area (Å²) >= 11 is 0. The third-order valence-electron chi connectivity index (χ3n) is 3.80. The van der Waals surface area contributed by atoms with Gasteiger partial charge in [-0.15, -0.1) is 10.2 Å². The van der Waals surface area contributed by atoms with E-state index < -0.39 is 0 Å². The number of carbonyl (C=O) groups is 1. The Morgan fingerprint density at radius 3 is 2.35 bits per heavy atom. The number of nitrogens with zero attached hydrogens (tertiary/aromatic N) is 2. The normalized spacial score (nSPS) is 10.3. The van der Waals surface area contributed by atoms with E-state index in [1.54, 1.807) is 25.3 Å². The number of aromatic nitrogens is 2. The first-order valence-electron chi connectivity index (χ1n) is 8.18. The van der Waals surface area contributed by atoms with E-state index in [2.05, 4.69) is 20.8 Å². The molecule has 6 heteroatoms. The molecule has 0 spiro atoms. The lowest BCUT2D eigenvalue weighted by Gasteiger charge is -2.11. The molecule has 0 aliphatic heterocycles. The van der Waals surface area contributed by atoms with Gasteiger partial charge < -0.3 is 15.4 Å². The average Bonchev–Trinajstić information content (AvgIpc) is 2.63. The molecule has 0 saturated heterocycles. The highest BCUT2D eigenvalue weighted by atomic mass is 16.5. The molecule has 3 aromatic rings. The largest absolute Gasteiger partial charge is 0.495 e. The minimum absolute atomic E-state index is 0.218. The van der Waals surface area contributed by atoms with E-state index in [0.29, 0.717) is 22.9 Å². The van der Waals surface area contributed by atoms with Crippen molar-refractivity contribution in [2.24, 2.45) is 0 Å². The van der Waals surface area contributed by atoms with Crippen LogP contribution in [0.25, 0.3) is 0 Å². The second-order valence-corrected chi connectivity index (χ2v) is 5.96. The van der Waals surface area contributed by atoms with Crippen LogP contribution < -0.4 is 15.4 Å². The minimum Gasteiger partial charge on any atom is -0.495 e. The van der Waals surface area contributed by atoms with E-state index in [-0.39, 0.29) is 5.91 Å². The van der Waals surface area contributed by atoms with Crippen LogP contribution in [0.3, 0.4) is 0 Å². The predicted molar refractivity (Wildman–Crippen MR) is 102 cm³/mol. The highest BCUT2D eigenvalue weighted by Gasteiger charge is 2.08. The molecule has 6 nitrogen and oxygen atoms in total. The Kier molecular flexibility index (Phi) is 5.12. The van der Waals surface area contributed by atoms with Crippen LogP contribution in [0.2, 0.25) is 0 Å². The molecule has 0 bridgehead atoms. The van der Waals surface area contributed by atoms with Gasteiger partial charge in [-0.2, -0.15) is 0 Å². The molecule has 0 atom stereocenters. The molecule has 0 fully saturated rings. The van der Waals surface area contributed by atoms with Gasteiger partial charge in [0.15, 0.2) is 11.6 Å². The number of anilines is 3. The van der Waals surface area contributed by atoms with Crippen LogP contribution in [-0.4, -0.2) is 23.2 Å². The summed E-state index contributed by atoms with van der Waals surface area (Å²) in [5.74, 6) is 1.44. The van der Waals surface area contributed by atoms with E-state index >= 15 is 0 Å². The number of carbonyl (C=O) groups excluding carboxylic acids is 1. The van der Waals surface area contributed by atoms with Crippen LogP contribution in [0, 0.1) is 13.8 Å². The van der Waals surface area contributed by atoms with Crippen LogP contribution in [-0.2, 0) is 0 Å². The smallest absolute Gasteiger partial charge is 0.256 e. The van der Waals surface area contributed by atoms with Gasteiger partial charge in [0, 0.05) is 5.56 Å². The molecule has 0 aliphatic rings. The monoisotopic (exact) mass is 348 g/mol. The molecular formula is C20H20N4O2. The summed E-state index contributed by atoms with van der Waals surface area (Å²) in [5.41, 5.74) is 3.51. The number of hydrogen-bond donors (Lipinski definition) is 2. The zero-order chi connectivity index (χ0) is 18.5. The maximum atomic E-state index is 12.3. The zero-order valence-electron chi connectivity index (χ0n) is 14.9. The topological polar surface area (TPSA) is 76.1 Å². The Hall–Kier alpha value is -3.41. The highest BCUT2D eigenvalue weighted by Crippen LogP contribution is 2.27. The van der Waals surface area contributed by atoms with Crippen molar-refractivity contribution in [2.75, 3.05) is 17.7 Å². The Morgan fingerprint density at radius 1 is 0.923 bits per heavy atom. The zero-order valence-corrected chi connectivity index (χ0v) is 14.9. The molecule has 0 saturated carbocycles. The summed E-state index contributed by atoms with van der Waals surface area (Å²) in [6.45, 7) is 3.94. The molecule has 26 heavy (non-hydrogen) atoms. The number of hydrogen-bond acceptors (Lipinski definition) is 5. The minimum atomic E-state index is -0.218. The number of ether oxygens (including phenoxy) is 1. The SMILES string of the molecule is COc1ccc(C)cc1Nc1ccc(NC(=O)c2cccc(C)c2)nn1. The fraction of sp³-hybridized carbons (Fsp3) is 0.150. The number of amides is 1. The summed E-state index contributed by atoms with van der Waals surface area (Å²) in [6.07, 6.45) is 0. The van der Waals surface area contributed by atoms with E-state index in [1.807, 2.05) is 50.2 Å². The van der Waals surface area contributed by atoms with Gasteiger partial charge in [-0.05, 0) is 55.8 Å². The lowest BCUT2D eigenvalue weighted by molar-refractivity contribution is 0.102. The van der Waals surface area contributed by atoms with Crippen molar-refractivity contribution in [1.29, 1.82) is 0 Å². The van der Waals surface area contributed by atoms with Gasteiger partial charge in [0.25, 0.3) is 5.91 Å². The third kappa shape index (κ3) is 4.16. The quantitative estimate of drug-likeness (QED) is 0.726. The van der Waals surface area contributed by atoms with E-state index in [9.17, 15) is 4.79 Å². The molecule has 2 N–H and O–H groups in total.